The average Bonchev–Trinajstić information content (AvgIpc) is 2.37. The Morgan fingerprint density at radius 3 is 2.59 bits per heavy atom. The van der Waals surface area contributed by atoms with Gasteiger partial charge in [0.05, 0.1) is 0 Å². The summed E-state index contributed by atoms with van der Waals surface area (Å²) in [5.41, 5.74) is 1.17. The number of unbranched alkanes of at least 4 members (excludes halogenated alkanes) is 1. The van der Waals surface area contributed by atoms with Crippen molar-refractivity contribution in [1.29, 1.82) is 0 Å². The van der Waals surface area contributed by atoms with E-state index in [-0.39, 0.29) is 12.3 Å². The van der Waals surface area contributed by atoms with Crippen LogP contribution in [0.1, 0.15) is 24.1 Å². The van der Waals surface area contributed by atoms with Crippen molar-refractivity contribution in [2.24, 2.45) is 0 Å². The molecule has 22 heavy (non-hydrogen) atoms. The highest BCUT2D eigenvalue weighted by Gasteiger charge is 2.36. The maximum atomic E-state index is 11.6. The number of nitrogens with zero attached hydrogens (tertiary/aromatic N) is 2. The van der Waals surface area contributed by atoms with Crippen LogP contribution in [0.15, 0.2) is 11.0 Å². The largest absolute Gasteiger partial charge is 0.479 e. The fourth-order valence-electron chi connectivity index (χ4n) is 1.73. The van der Waals surface area contributed by atoms with Crippen LogP contribution in [-0.2, 0) is 20.6 Å². The molecule has 0 aliphatic carbocycles. The number of carboxylic acid groups (broad SMARTS) is 1. The Kier molecular flexibility index (Phi) is 6.43. The van der Waals surface area contributed by atoms with E-state index in [9.17, 15) is 14.2 Å². The first-order valence-corrected chi connectivity index (χ1v) is 8.25. The molecular weight excluding hydrogens is 315 g/mol. The molecule has 1 rings (SSSR count). The van der Waals surface area contributed by atoms with Gasteiger partial charge in [0.15, 0.2) is 0 Å². The van der Waals surface area contributed by atoms with Crippen molar-refractivity contribution in [3.8, 4) is 0 Å². The second kappa shape index (κ2) is 7.64. The quantitative estimate of drug-likeness (QED) is 0.454. The number of rotatable bonds is 8. The number of carboxylic acids is 1. The summed E-state index contributed by atoms with van der Waals surface area (Å²) in [5, 5.41) is 8.67. The summed E-state index contributed by atoms with van der Waals surface area (Å²) in [6, 6.07) is 0. The molecular formula is C12H19N2O7P. The highest BCUT2D eigenvalue weighted by Crippen LogP contribution is 2.41. The van der Waals surface area contributed by atoms with Gasteiger partial charge in [0, 0.05) is 25.0 Å². The van der Waals surface area contributed by atoms with Gasteiger partial charge >= 0.3 is 19.3 Å². The molecule has 10 heteroatoms. The second-order valence-corrected chi connectivity index (χ2v) is 6.49. The number of carbonyl (C=O) groups is 1. The number of hydrogen-bond donors (Lipinski definition) is 3. The van der Waals surface area contributed by atoms with Crippen molar-refractivity contribution >= 4 is 13.6 Å². The standard InChI is InChI=1S/C12H19N2O7P/c1-8-7-14(12(17)13-9(8)2)5-3-4-6-21-11(10(15)16)22(18,19)20/h7,11H,3-6H2,1-2H3,(H,15,16)(H2,18,19,20). The third-order valence-corrected chi connectivity index (χ3v) is 4.00. The first-order chi connectivity index (χ1) is 10.1. The Hall–Kier alpha value is -1.54. The Bertz CT molecular complexity index is 637. The van der Waals surface area contributed by atoms with Gasteiger partial charge in [-0.05, 0) is 32.3 Å². The van der Waals surface area contributed by atoms with Crippen molar-refractivity contribution < 1.29 is 29.0 Å². The number of aromatic nitrogens is 2. The summed E-state index contributed by atoms with van der Waals surface area (Å²) in [5.74, 6) is -3.86. The van der Waals surface area contributed by atoms with Crippen molar-refractivity contribution in [2.75, 3.05) is 6.61 Å². The fraction of sp³-hybridized carbons (Fsp3) is 0.583. The minimum atomic E-state index is -4.85. The molecule has 1 atom stereocenters. The molecule has 0 saturated heterocycles. The Labute approximate surface area is 126 Å². The van der Waals surface area contributed by atoms with E-state index in [2.05, 4.69) is 4.98 Å². The van der Waals surface area contributed by atoms with E-state index in [0.29, 0.717) is 25.1 Å². The van der Waals surface area contributed by atoms with E-state index in [1.54, 1.807) is 13.1 Å². The topological polar surface area (TPSA) is 139 Å². The van der Waals surface area contributed by atoms with Gasteiger partial charge in [-0.1, -0.05) is 0 Å². The smallest absolute Gasteiger partial charge is 0.365 e. The lowest BCUT2D eigenvalue weighted by molar-refractivity contribution is -0.145. The van der Waals surface area contributed by atoms with Crippen molar-refractivity contribution in [3.63, 3.8) is 0 Å². The highest BCUT2D eigenvalue weighted by atomic mass is 31.2. The number of aliphatic carboxylic acids is 1. The molecule has 0 saturated carbocycles. The molecule has 0 amide bonds. The highest BCUT2D eigenvalue weighted by molar-refractivity contribution is 7.53. The van der Waals surface area contributed by atoms with Crippen LogP contribution < -0.4 is 5.69 Å². The summed E-state index contributed by atoms with van der Waals surface area (Å²) >= 11 is 0. The Morgan fingerprint density at radius 1 is 1.41 bits per heavy atom. The molecule has 0 aromatic carbocycles. The molecule has 1 aromatic rings. The summed E-state index contributed by atoms with van der Waals surface area (Å²) in [6.45, 7) is 3.81. The lowest BCUT2D eigenvalue weighted by Crippen LogP contribution is -2.25. The molecule has 1 aromatic heterocycles. The Balaban J connectivity index is 2.46. The first-order valence-electron chi connectivity index (χ1n) is 6.57. The van der Waals surface area contributed by atoms with Crippen LogP contribution in [0.3, 0.4) is 0 Å². The lowest BCUT2D eigenvalue weighted by atomic mass is 10.2. The van der Waals surface area contributed by atoms with Crippen molar-refractivity contribution in [3.05, 3.63) is 27.9 Å². The van der Waals surface area contributed by atoms with E-state index in [1.807, 2.05) is 6.92 Å². The summed E-state index contributed by atoms with van der Waals surface area (Å²) in [4.78, 5) is 43.8. The zero-order valence-electron chi connectivity index (χ0n) is 12.3. The molecule has 0 fully saturated rings. The van der Waals surface area contributed by atoms with Gasteiger partial charge in [-0.15, -0.1) is 0 Å². The third kappa shape index (κ3) is 5.34. The van der Waals surface area contributed by atoms with E-state index < -0.39 is 19.4 Å². The van der Waals surface area contributed by atoms with Crippen LogP contribution in [0.2, 0.25) is 0 Å². The van der Waals surface area contributed by atoms with Crippen molar-refractivity contribution in [2.45, 2.75) is 39.1 Å². The summed E-state index contributed by atoms with van der Waals surface area (Å²) in [6.07, 6.45) is 2.52. The van der Waals surface area contributed by atoms with Gasteiger partial charge in [0.25, 0.3) is 5.85 Å². The molecule has 9 nitrogen and oxygen atoms in total. The minimum absolute atomic E-state index is 0.130. The van der Waals surface area contributed by atoms with Gasteiger partial charge < -0.3 is 19.6 Å². The van der Waals surface area contributed by atoms with E-state index in [0.717, 1.165) is 5.56 Å². The predicted molar refractivity (Wildman–Crippen MR) is 76.6 cm³/mol. The Morgan fingerprint density at radius 2 is 2.05 bits per heavy atom. The van der Waals surface area contributed by atoms with Gasteiger partial charge in [-0.2, -0.15) is 4.98 Å². The van der Waals surface area contributed by atoms with Crippen LogP contribution in [0, 0.1) is 13.8 Å². The molecule has 0 radical (unpaired) electrons. The number of ether oxygens (including phenoxy) is 1. The lowest BCUT2D eigenvalue weighted by Gasteiger charge is -2.14. The van der Waals surface area contributed by atoms with Crippen molar-refractivity contribution in [1.82, 2.24) is 9.55 Å². The molecule has 124 valence electrons. The monoisotopic (exact) mass is 334 g/mol. The SMILES string of the molecule is Cc1cn(CCCCOC(C(=O)O)P(=O)(O)O)c(=O)nc1C. The van der Waals surface area contributed by atoms with Gasteiger partial charge in [0.1, 0.15) is 0 Å². The summed E-state index contributed by atoms with van der Waals surface area (Å²) in [7, 11) is -4.85. The molecule has 1 heterocycles. The molecule has 0 aliphatic heterocycles. The van der Waals surface area contributed by atoms with Crippen LogP contribution in [0.5, 0.6) is 0 Å². The predicted octanol–water partition coefficient (Wildman–Crippen LogP) is 0.245. The zero-order chi connectivity index (χ0) is 16.9. The zero-order valence-corrected chi connectivity index (χ0v) is 13.2. The number of aryl methyl sites for hydroxylation is 3. The minimum Gasteiger partial charge on any atom is -0.479 e. The molecule has 0 spiro atoms. The second-order valence-electron chi connectivity index (χ2n) is 4.84. The third-order valence-electron chi connectivity index (χ3n) is 3.02. The first kappa shape index (κ1) is 18.5. The average molecular weight is 334 g/mol. The van der Waals surface area contributed by atoms with Gasteiger partial charge in [-0.3, -0.25) is 9.13 Å². The molecule has 0 aliphatic rings. The molecule has 1 unspecified atom stereocenters. The molecule has 0 bridgehead atoms. The number of hydrogen-bond acceptors (Lipinski definition) is 5. The van der Waals surface area contributed by atoms with Crippen LogP contribution >= 0.6 is 7.60 Å². The normalized spacial score (nSPS) is 13.1. The fourth-order valence-corrected chi connectivity index (χ4v) is 2.32. The van der Waals surface area contributed by atoms with Gasteiger partial charge in [0.2, 0.25) is 0 Å². The maximum absolute atomic E-state index is 11.6. The summed E-state index contributed by atoms with van der Waals surface area (Å²) < 4.78 is 17.1. The van der Waals surface area contributed by atoms with Crippen LogP contribution in [-0.4, -0.2) is 42.9 Å². The maximum Gasteiger partial charge on any atom is 0.365 e. The van der Waals surface area contributed by atoms with E-state index >= 15 is 0 Å². The van der Waals surface area contributed by atoms with E-state index in [1.165, 1.54) is 4.57 Å². The van der Waals surface area contributed by atoms with Gasteiger partial charge in [-0.25, -0.2) is 9.59 Å². The van der Waals surface area contributed by atoms with Crippen LogP contribution in [0.25, 0.3) is 0 Å². The molecule has 3 N–H and O–H groups in total. The van der Waals surface area contributed by atoms with Crippen LogP contribution in [0.4, 0.5) is 0 Å². The van der Waals surface area contributed by atoms with E-state index in [4.69, 9.17) is 19.6 Å².